The summed E-state index contributed by atoms with van der Waals surface area (Å²) in [5, 5.41) is 9.03. The van der Waals surface area contributed by atoms with Gasteiger partial charge in [0.1, 0.15) is 0 Å². The molecule has 1 amide bonds. The van der Waals surface area contributed by atoms with E-state index in [2.05, 4.69) is 5.48 Å². The standard InChI is InChI=1S/C10H12FNO3/c1-6(2)15-12-10(14)7-4-3-5-8(13)9(7)11/h3-6,13H,1-2H3,(H,12,14). The van der Waals surface area contributed by atoms with Gasteiger partial charge in [0.25, 0.3) is 5.91 Å². The Hall–Kier alpha value is -1.62. The van der Waals surface area contributed by atoms with Gasteiger partial charge in [0.2, 0.25) is 0 Å². The van der Waals surface area contributed by atoms with Crippen LogP contribution in [0.15, 0.2) is 18.2 Å². The van der Waals surface area contributed by atoms with Crippen molar-refractivity contribution in [1.82, 2.24) is 5.48 Å². The lowest BCUT2D eigenvalue weighted by molar-refractivity contribution is -0.0000932. The minimum atomic E-state index is -0.956. The second kappa shape index (κ2) is 4.75. The summed E-state index contributed by atoms with van der Waals surface area (Å²) in [6.07, 6.45) is -0.200. The maximum atomic E-state index is 13.2. The van der Waals surface area contributed by atoms with Gasteiger partial charge in [-0.25, -0.2) is 9.87 Å². The van der Waals surface area contributed by atoms with E-state index < -0.39 is 17.5 Å². The van der Waals surface area contributed by atoms with E-state index in [0.29, 0.717) is 0 Å². The van der Waals surface area contributed by atoms with Crippen molar-refractivity contribution in [3.8, 4) is 5.75 Å². The lowest BCUT2D eigenvalue weighted by Gasteiger charge is -2.09. The van der Waals surface area contributed by atoms with E-state index in [1.165, 1.54) is 12.1 Å². The number of hydrogen-bond donors (Lipinski definition) is 2. The molecule has 1 rings (SSSR count). The number of benzene rings is 1. The molecule has 0 saturated heterocycles. The Morgan fingerprint density at radius 1 is 1.53 bits per heavy atom. The SMILES string of the molecule is CC(C)ONC(=O)c1cccc(O)c1F. The number of halogens is 1. The summed E-state index contributed by atoms with van der Waals surface area (Å²) in [4.78, 5) is 16.1. The van der Waals surface area contributed by atoms with Gasteiger partial charge in [0.15, 0.2) is 11.6 Å². The summed E-state index contributed by atoms with van der Waals surface area (Å²) in [5.41, 5.74) is 1.82. The Morgan fingerprint density at radius 2 is 2.20 bits per heavy atom. The van der Waals surface area contributed by atoms with Crippen molar-refractivity contribution < 1.29 is 19.1 Å². The Labute approximate surface area is 86.6 Å². The number of carbonyl (C=O) groups is 1. The van der Waals surface area contributed by atoms with E-state index in [9.17, 15) is 9.18 Å². The van der Waals surface area contributed by atoms with Crippen LogP contribution in [0, 0.1) is 5.82 Å². The summed E-state index contributed by atoms with van der Waals surface area (Å²) >= 11 is 0. The van der Waals surface area contributed by atoms with Gasteiger partial charge < -0.3 is 5.11 Å². The number of nitrogens with one attached hydrogen (secondary N) is 1. The van der Waals surface area contributed by atoms with Crippen LogP contribution < -0.4 is 5.48 Å². The summed E-state index contributed by atoms with van der Waals surface area (Å²) in [5.74, 6) is -2.24. The lowest BCUT2D eigenvalue weighted by atomic mass is 10.2. The van der Waals surface area contributed by atoms with E-state index in [1.807, 2.05) is 0 Å². The van der Waals surface area contributed by atoms with Gasteiger partial charge in [-0.05, 0) is 26.0 Å². The van der Waals surface area contributed by atoms with Crippen molar-refractivity contribution >= 4 is 5.91 Å². The normalized spacial score (nSPS) is 10.4. The summed E-state index contributed by atoms with van der Waals surface area (Å²) in [6, 6.07) is 3.80. The predicted molar refractivity (Wildman–Crippen MR) is 51.8 cm³/mol. The van der Waals surface area contributed by atoms with Crippen LogP contribution in [0.3, 0.4) is 0 Å². The highest BCUT2D eigenvalue weighted by atomic mass is 19.1. The minimum Gasteiger partial charge on any atom is -0.505 e. The third-order valence-electron chi connectivity index (χ3n) is 1.61. The lowest BCUT2D eigenvalue weighted by Crippen LogP contribution is -2.27. The van der Waals surface area contributed by atoms with E-state index in [-0.39, 0.29) is 11.7 Å². The van der Waals surface area contributed by atoms with E-state index in [4.69, 9.17) is 9.94 Å². The first-order chi connectivity index (χ1) is 7.02. The number of rotatable bonds is 3. The number of phenolic OH excluding ortho intramolecular Hbond substituents is 1. The topological polar surface area (TPSA) is 58.6 Å². The fourth-order valence-electron chi connectivity index (χ4n) is 0.921. The molecule has 0 atom stereocenters. The first kappa shape index (κ1) is 11.5. The molecule has 82 valence electrons. The molecule has 0 saturated carbocycles. The summed E-state index contributed by atoms with van der Waals surface area (Å²) < 4.78 is 13.2. The minimum absolute atomic E-state index is 0.200. The molecular weight excluding hydrogens is 201 g/mol. The maximum absolute atomic E-state index is 13.2. The van der Waals surface area contributed by atoms with E-state index >= 15 is 0 Å². The van der Waals surface area contributed by atoms with Crippen LogP contribution in [0.2, 0.25) is 0 Å². The van der Waals surface area contributed by atoms with Crippen molar-refractivity contribution in [3.05, 3.63) is 29.6 Å². The number of hydrogen-bond acceptors (Lipinski definition) is 3. The third kappa shape index (κ3) is 2.92. The molecule has 0 spiro atoms. The average Bonchev–Trinajstić information content (AvgIpc) is 2.18. The third-order valence-corrected chi connectivity index (χ3v) is 1.61. The maximum Gasteiger partial charge on any atom is 0.277 e. The van der Waals surface area contributed by atoms with E-state index in [0.717, 1.165) is 6.07 Å². The molecule has 4 nitrogen and oxygen atoms in total. The van der Waals surface area contributed by atoms with Crippen LogP contribution in [0.5, 0.6) is 5.75 Å². The fraction of sp³-hybridized carbons (Fsp3) is 0.300. The van der Waals surface area contributed by atoms with Gasteiger partial charge in [-0.15, -0.1) is 0 Å². The zero-order valence-corrected chi connectivity index (χ0v) is 8.45. The van der Waals surface area contributed by atoms with Crippen molar-refractivity contribution in [2.24, 2.45) is 0 Å². The molecule has 1 aromatic carbocycles. The van der Waals surface area contributed by atoms with Crippen LogP contribution in [0.25, 0.3) is 0 Å². The number of aromatic hydroxyl groups is 1. The fourth-order valence-corrected chi connectivity index (χ4v) is 0.921. The molecule has 2 N–H and O–H groups in total. The zero-order chi connectivity index (χ0) is 11.4. The van der Waals surface area contributed by atoms with Crippen molar-refractivity contribution in [2.75, 3.05) is 0 Å². The first-order valence-electron chi connectivity index (χ1n) is 4.46. The van der Waals surface area contributed by atoms with Crippen LogP contribution in [-0.2, 0) is 4.84 Å². The Morgan fingerprint density at radius 3 is 2.80 bits per heavy atom. The second-order valence-corrected chi connectivity index (χ2v) is 3.24. The van der Waals surface area contributed by atoms with Gasteiger partial charge in [-0.2, -0.15) is 0 Å². The monoisotopic (exact) mass is 213 g/mol. The molecule has 1 aromatic rings. The summed E-state index contributed by atoms with van der Waals surface area (Å²) in [6.45, 7) is 3.44. The molecule has 0 heterocycles. The van der Waals surface area contributed by atoms with Crippen LogP contribution in [0.1, 0.15) is 24.2 Å². The number of hydroxylamine groups is 1. The smallest absolute Gasteiger partial charge is 0.277 e. The molecule has 15 heavy (non-hydrogen) atoms. The number of carbonyl (C=O) groups excluding carboxylic acids is 1. The quantitative estimate of drug-likeness (QED) is 0.750. The Bertz CT molecular complexity index is 366. The Kier molecular flexibility index (Phi) is 3.62. The van der Waals surface area contributed by atoms with Crippen LogP contribution in [0.4, 0.5) is 4.39 Å². The molecule has 0 aliphatic heterocycles. The number of phenols is 1. The van der Waals surface area contributed by atoms with Gasteiger partial charge in [-0.1, -0.05) is 6.07 Å². The van der Waals surface area contributed by atoms with Crippen molar-refractivity contribution in [1.29, 1.82) is 0 Å². The predicted octanol–water partition coefficient (Wildman–Crippen LogP) is 1.60. The van der Waals surface area contributed by atoms with E-state index in [1.54, 1.807) is 13.8 Å². The highest BCUT2D eigenvalue weighted by Gasteiger charge is 2.14. The molecule has 0 bridgehead atoms. The molecule has 0 aliphatic rings. The van der Waals surface area contributed by atoms with Gasteiger partial charge in [-0.3, -0.25) is 9.63 Å². The summed E-state index contributed by atoms with van der Waals surface area (Å²) in [7, 11) is 0. The molecule has 0 aliphatic carbocycles. The second-order valence-electron chi connectivity index (χ2n) is 3.24. The highest BCUT2D eigenvalue weighted by molar-refractivity contribution is 5.94. The first-order valence-corrected chi connectivity index (χ1v) is 4.46. The molecule has 0 unspecified atom stereocenters. The van der Waals surface area contributed by atoms with Gasteiger partial charge >= 0.3 is 0 Å². The molecule has 0 radical (unpaired) electrons. The largest absolute Gasteiger partial charge is 0.505 e. The van der Waals surface area contributed by atoms with Crippen LogP contribution >= 0.6 is 0 Å². The zero-order valence-electron chi connectivity index (χ0n) is 8.45. The van der Waals surface area contributed by atoms with Gasteiger partial charge in [0, 0.05) is 0 Å². The molecule has 5 heteroatoms. The Balaban J connectivity index is 2.78. The van der Waals surface area contributed by atoms with Gasteiger partial charge in [0.05, 0.1) is 11.7 Å². The molecular formula is C10H12FNO3. The van der Waals surface area contributed by atoms with Crippen molar-refractivity contribution in [3.63, 3.8) is 0 Å². The van der Waals surface area contributed by atoms with Crippen LogP contribution in [-0.4, -0.2) is 17.1 Å². The van der Waals surface area contributed by atoms with Crippen molar-refractivity contribution in [2.45, 2.75) is 20.0 Å². The average molecular weight is 213 g/mol. The molecule has 0 aromatic heterocycles. The highest BCUT2D eigenvalue weighted by Crippen LogP contribution is 2.18. The molecule has 0 fully saturated rings. The number of amides is 1.